The first kappa shape index (κ1) is 27.2. The van der Waals surface area contributed by atoms with Crippen molar-refractivity contribution in [2.24, 2.45) is 0 Å². The highest BCUT2D eigenvalue weighted by Crippen LogP contribution is 2.32. The third-order valence-electron chi connectivity index (χ3n) is 5.44. The van der Waals surface area contributed by atoms with Crippen LogP contribution < -0.4 is 10.6 Å². The van der Waals surface area contributed by atoms with Gasteiger partial charge in [-0.05, 0) is 27.7 Å². The van der Waals surface area contributed by atoms with Gasteiger partial charge in [0.2, 0.25) is 11.8 Å². The van der Waals surface area contributed by atoms with Gasteiger partial charge >= 0.3 is 0 Å². The van der Waals surface area contributed by atoms with Crippen LogP contribution in [0.1, 0.15) is 27.7 Å². The van der Waals surface area contributed by atoms with Gasteiger partial charge in [0.1, 0.15) is 37.6 Å². The molecule has 0 spiro atoms. The maximum Gasteiger partial charge on any atom is 0.246 e. The summed E-state index contributed by atoms with van der Waals surface area (Å²) in [6, 6.07) is 0. The molecule has 0 aromatic heterocycles. The van der Waals surface area contributed by atoms with E-state index in [1.807, 2.05) is 0 Å². The van der Waals surface area contributed by atoms with Gasteiger partial charge < -0.3 is 48.5 Å². The van der Waals surface area contributed by atoms with E-state index < -0.39 is 36.0 Å². The molecule has 2 amide bonds. The van der Waals surface area contributed by atoms with Crippen molar-refractivity contribution < 1.29 is 47.5 Å². The SMILES string of the molecule is CC1(C)OC[C@H]([C@H]2OCC(=O)NCCOCCOCCNC(=O)CO[C@@H]2[C@H]2COC(C)(C)O2)O1. The summed E-state index contributed by atoms with van der Waals surface area (Å²) in [5.74, 6) is -2.28. The molecular weight excluding hydrogens is 452 g/mol. The van der Waals surface area contributed by atoms with Gasteiger partial charge in [0, 0.05) is 13.1 Å². The standard InChI is InChI=1S/C22H38N2O10/c1-21(2)31-11-15(33-21)19-20(16-12-32-22(3,4)34-16)30-14-18(26)24-6-8-28-10-9-27-7-5-23-17(25)13-29-19/h15-16,19-20H,5-14H2,1-4H3,(H,23,25)(H,24,26)/t15-,16-,19-,20-/m1/s1. The molecular formula is C22H38N2O10. The van der Waals surface area contributed by atoms with E-state index in [-0.39, 0.29) is 38.2 Å². The Labute approximate surface area is 200 Å². The lowest BCUT2D eigenvalue weighted by Crippen LogP contribution is -2.52. The molecule has 3 saturated heterocycles. The third-order valence-corrected chi connectivity index (χ3v) is 5.44. The summed E-state index contributed by atoms with van der Waals surface area (Å²) in [6.07, 6.45) is -2.63. The van der Waals surface area contributed by atoms with Crippen molar-refractivity contribution in [3.8, 4) is 0 Å². The molecule has 3 heterocycles. The quantitative estimate of drug-likeness (QED) is 0.514. The van der Waals surface area contributed by atoms with E-state index in [4.69, 9.17) is 37.9 Å². The molecule has 0 aromatic carbocycles. The van der Waals surface area contributed by atoms with Crippen molar-refractivity contribution in [2.45, 2.75) is 63.7 Å². The van der Waals surface area contributed by atoms with Gasteiger partial charge in [-0.15, -0.1) is 0 Å². The van der Waals surface area contributed by atoms with E-state index in [1.165, 1.54) is 0 Å². The van der Waals surface area contributed by atoms with Gasteiger partial charge in [-0.2, -0.15) is 0 Å². The van der Waals surface area contributed by atoms with Crippen molar-refractivity contribution in [2.75, 3.05) is 65.9 Å². The van der Waals surface area contributed by atoms with Crippen LogP contribution in [-0.2, 0) is 47.5 Å². The molecule has 0 bridgehead atoms. The summed E-state index contributed by atoms with van der Waals surface area (Å²) in [5, 5.41) is 5.51. The largest absolute Gasteiger partial charge is 0.377 e. The van der Waals surface area contributed by atoms with Crippen LogP contribution in [0.25, 0.3) is 0 Å². The van der Waals surface area contributed by atoms with Crippen molar-refractivity contribution in [3.63, 3.8) is 0 Å². The van der Waals surface area contributed by atoms with E-state index in [9.17, 15) is 9.59 Å². The fourth-order valence-electron chi connectivity index (χ4n) is 3.88. The zero-order chi connectivity index (χ0) is 24.6. The van der Waals surface area contributed by atoms with Gasteiger partial charge in [0.05, 0.1) is 39.6 Å². The molecule has 3 fully saturated rings. The van der Waals surface area contributed by atoms with Crippen LogP contribution >= 0.6 is 0 Å². The summed E-state index contributed by atoms with van der Waals surface area (Å²) in [6.45, 7) is 9.32. The molecule has 0 unspecified atom stereocenters. The first-order valence-electron chi connectivity index (χ1n) is 11.7. The first-order valence-corrected chi connectivity index (χ1v) is 11.7. The third kappa shape index (κ3) is 8.68. The second kappa shape index (κ2) is 12.5. The van der Waals surface area contributed by atoms with Gasteiger partial charge in [0.15, 0.2) is 11.6 Å². The lowest BCUT2D eigenvalue weighted by Gasteiger charge is -2.34. The minimum atomic E-state index is -0.826. The molecule has 3 rings (SSSR count). The van der Waals surface area contributed by atoms with Crippen LogP contribution in [0.2, 0.25) is 0 Å². The lowest BCUT2D eigenvalue weighted by molar-refractivity contribution is -0.204. The van der Waals surface area contributed by atoms with Crippen molar-refractivity contribution in [1.29, 1.82) is 0 Å². The summed E-state index contributed by atoms with van der Waals surface area (Å²) >= 11 is 0. The van der Waals surface area contributed by atoms with Crippen LogP contribution in [0, 0.1) is 0 Å². The Bertz CT molecular complexity index is 618. The topological polar surface area (TPSA) is 132 Å². The number of carbonyl (C=O) groups is 2. The zero-order valence-corrected chi connectivity index (χ0v) is 20.5. The Morgan fingerprint density at radius 1 is 0.676 bits per heavy atom. The second-order valence-electron chi connectivity index (χ2n) is 9.21. The van der Waals surface area contributed by atoms with Gasteiger partial charge in [0.25, 0.3) is 0 Å². The van der Waals surface area contributed by atoms with Crippen molar-refractivity contribution >= 4 is 11.8 Å². The molecule has 3 aliphatic rings. The average Bonchev–Trinajstić information content (AvgIpc) is 3.31. The predicted molar refractivity (Wildman–Crippen MR) is 117 cm³/mol. The molecule has 4 atom stereocenters. The molecule has 12 heteroatoms. The van der Waals surface area contributed by atoms with E-state index in [2.05, 4.69) is 10.6 Å². The highest BCUT2D eigenvalue weighted by Gasteiger charge is 2.48. The van der Waals surface area contributed by atoms with Gasteiger partial charge in [-0.25, -0.2) is 0 Å². The van der Waals surface area contributed by atoms with Gasteiger partial charge in [-0.3, -0.25) is 9.59 Å². The molecule has 34 heavy (non-hydrogen) atoms. The molecule has 0 saturated carbocycles. The van der Waals surface area contributed by atoms with E-state index >= 15 is 0 Å². The summed E-state index contributed by atoms with van der Waals surface area (Å²) in [5.41, 5.74) is 0. The normalized spacial score (nSPS) is 34.6. The Hall–Kier alpha value is -1.38. The Morgan fingerprint density at radius 3 is 1.44 bits per heavy atom. The number of hydrogen-bond donors (Lipinski definition) is 2. The minimum Gasteiger partial charge on any atom is -0.377 e. The molecule has 2 N–H and O–H groups in total. The fourth-order valence-corrected chi connectivity index (χ4v) is 3.88. The molecule has 3 aliphatic heterocycles. The fraction of sp³-hybridized carbons (Fsp3) is 0.909. The van der Waals surface area contributed by atoms with E-state index in [1.54, 1.807) is 27.7 Å². The first-order chi connectivity index (χ1) is 16.2. The maximum absolute atomic E-state index is 12.4. The summed E-state index contributed by atoms with van der Waals surface area (Å²) in [4.78, 5) is 24.8. The zero-order valence-electron chi connectivity index (χ0n) is 20.5. The highest BCUT2D eigenvalue weighted by atomic mass is 16.8. The van der Waals surface area contributed by atoms with Crippen molar-refractivity contribution in [1.82, 2.24) is 10.6 Å². The molecule has 0 aromatic rings. The average molecular weight is 491 g/mol. The van der Waals surface area contributed by atoms with Crippen molar-refractivity contribution in [3.05, 3.63) is 0 Å². The number of amides is 2. The maximum atomic E-state index is 12.4. The van der Waals surface area contributed by atoms with E-state index in [0.29, 0.717) is 39.5 Å². The molecule has 0 radical (unpaired) electrons. The van der Waals surface area contributed by atoms with E-state index in [0.717, 1.165) is 0 Å². The smallest absolute Gasteiger partial charge is 0.246 e. The summed E-state index contributed by atoms with van der Waals surface area (Å²) in [7, 11) is 0. The van der Waals surface area contributed by atoms with Crippen LogP contribution in [0.4, 0.5) is 0 Å². The number of carbonyl (C=O) groups excluding carboxylic acids is 2. The summed E-state index contributed by atoms with van der Waals surface area (Å²) < 4.78 is 46.5. The Kier molecular flexibility index (Phi) is 10.0. The van der Waals surface area contributed by atoms with Crippen LogP contribution in [0.5, 0.6) is 0 Å². The highest BCUT2D eigenvalue weighted by molar-refractivity contribution is 5.77. The van der Waals surface area contributed by atoms with Crippen LogP contribution in [-0.4, -0.2) is 114 Å². The van der Waals surface area contributed by atoms with Gasteiger partial charge in [-0.1, -0.05) is 0 Å². The number of rotatable bonds is 2. The Morgan fingerprint density at radius 2 is 1.09 bits per heavy atom. The molecule has 0 aliphatic carbocycles. The second-order valence-corrected chi connectivity index (χ2v) is 9.21. The monoisotopic (exact) mass is 490 g/mol. The predicted octanol–water partition coefficient (Wildman–Crippen LogP) is -0.661. The molecule has 12 nitrogen and oxygen atoms in total. The van der Waals surface area contributed by atoms with Crippen LogP contribution in [0.15, 0.2) is 0 Å². The molecule has 196 valence electrons. The number of ether oxygens (including phenoxy) is 8. The lowest BCUT2D eigenvalue weighted by atomic mass is 10.0. The minimum absolute atomic E-state index is 0.230. The number of nitrogens with one attached hydrogen (secondary N) is 2. The van der Waals surface area contributed by atoms with Crippen LogP contribution in [0.3, 0.4) is 0 Å². The Balaban J connectivity index is 1.76. The number of hydrogen-bond acceptors (Lipinski definition) is 10.